The summed E-state index contributed by atoms with van der Waals surface area (Å²) in [4.78, 5) is 27.0. The average molecular weight is 318 g/mol. The molecule has 1 aromatic heterocycles. The molecule has 1 aromatic carbocycles. The second-order valence-electron chi connectivity index (χ2n) is 4.23. The van der Waals surface area contributed by atoms with Crippen molar-refractivity contribution in [2.75, 3.05) is 18.2 Å². The number of anilines is 1. The summed E-state index contributed by atoms with van der Waals surface area (Å²) in [7, 11) is 1.55. The third kappa shape index (κ3) is 4.23. The summed E-state index contributed by atoms with van der Waals surface area (Å²) in [5.74, 6) is -0.610. The molecule has 2 N–H and O–H groups in total. The van der Waals surface area contributed by atoms with Crippen LogP contribution in [-0.4, -0.2) is 34.8 Å². The van der Waals surface area contributed by atoms with Gasteiger partial charge in [0.05, 0.1) is 18.4 Å². The highest BCUT2D eigenvalue weighted by Gasteiger charge is 2.13. The second kappa shape index (κ2) is 7.46. The number of carbonyl (C=O) groups excluding carboxylic acids is 1. The Kier molecular flexibility index (Phi) is 5.37. The molecule has 0 unspecified atom stereocenters. The topological polar surface area (TPSA) is 88.5 Å². The minimum absolute atomic E-state index is 0.0640. The number of hydrogen-bond acceptors (Lipinski definition) is 5. The van der Waals surface area contributed by atoms with Gasteiger partial charge in [0.1, 0.15) is 10.8 Å². The first-order valence-corrected chi connectivity index (χ1v) is 7.33. The van der Waals surface area contributed by atoms with Gasteiger partial charge in [-0.05, 0) is 24.3 Å². The van der Waals surface area contributed by atoms with Crippen molar-refractivity contribution in [2.45, 2.75) is 5.03 Å². The third-order valence-corrected chi connectivity index (χ3v) is 3.70. The maximum absolute atomic E-state index is 11.9. The molecule has 1 heterocycles. The van der Waals surface area contributed by atoms with Crippen molar-refractivity contribution < 1.29 is 19.4 Å². The fourth-order valence-corrected chi connectivity index (χ4v) is 2.49. The predicted molar refractivity (Wildman–Crippen MR) is 83.5 cm³/mol. The molecule has 0 saturated carbocycles. The Hall–Kier alpha value is -2.54. The Balaban J connectivity index is 1.97. The maximum atomic E-state index is 11.9. The van der Waals surface area contributed by atoms with E-state index in [0.29, 0.717) is 16.5 Å². The third-order valence-electron chi connectivity index (χ3n) is 2.70. The fraction of sp³-hybridized carbons (Fsp3) is 0.133. The highest BCUT2D eigenvalue weighted by molar-refractivity contribution is 8.00. The van der Waals surface area contributed by atoms with E-state index in [9.17, 15) is 9.59 Å². The number of nitrogens with zero attached hydrogens (tertiary/aromatic N) is 1. The van der Waals surface area contributed by atoms with Gasteiger partial charge in [0, 0.05) is 18.0 Å². The first-order valence-electron chi connectivity index (χ1n) is 6.35. The molecule has 0 fully saturated rings. The van der Waals surface area contributed by atoms with Crippen LogP contribution in [0.15, 0.2) is 47.6 Å². The number of carboxylic acids is 1. The number of ether oxygens (including phenoxy) is 1. The van der Waals surface area contributed by atoms with Crippen LogP contribution >= 0.6 is 11.8 Å². The number of carbonyl (C=O) groups is 2. The van der Waals surface area contributed by atoms with Crippen LogP contribution in [0.4, 0.5) is 5.69 Å². The number of rotatable bonds is 6. The van der Waals surface area contributed by atoms with Crippen LogP contribution in [0.2, 0.25) is 0 Å². The highest BCUT2D eigenvalue weighted by Crippen LogP contribution is 2.21. The molecule has 0 aliphatic carbocycles. The van der Waals surface area contributed by atoms with Gasteiger partial charge in [-0.1, -0.05) is 17.8 Å². The molecule has 0 atom stereocenters. The monoisotopic (exact) mass is 318 g/mol. The molecule has 7 heteroatoms. The minimum atomic E-state index is -1.07. The zero-order valence-corrected chi connectivity index (χ0v) is 12.6. The molecule has 114 valence electrons. The summed E-state index contributed by atoms with van der Waals surface area (Å²) in [6.45, 7) is 0. The van der Waals surface area contributed by atoms with Gasteiger partial charge in [-0.15, -0.1) is 0 Å². The number of aromatic nitrogens is 1. The Morgan fingerprint density at radius 1 is 1.32 bits per heavy atom. The quantitative estimate of drug-likeness (QED) is 0.796. The molecule has 0 spiro atoms. The van der Waals surface area contributed by atoms with E-state index in [1.165, 1.54) is 12.3 Å². The molecule has 6 nitrogen and oxygen atoms in total. The van der Waals surface area contributed by atoms with E-state index in [0.717, 1.165) is 11.8 Å². The lowest BCUT2D eigenvalue weighted by Gasteiger charge is -2.07. The largest absolute Gasteiger partial charge is 0.497 e. The number of amides is 1. The van der Waals surface area contributed by atoms with Crippen molar-refractivity contribution in [1.29, 1.82) is 0 Å². The van der Waals surface area contributed by atoms with Crippen molar-refractivity contribution in [3.63, 3.8) is 0 Å². The van der Waals surface area contributed by atoms with Crippen LogP contribution in [0.25, 0.3) is 0 Å². The minimum Gasteiger partial charge on any atom is -0.497 e. The SMILES string of the molecule is COc1cccc(NC(=O)CSc2ncccc2C(=O)O)c1. The van der Waals surface area contributed by atoms with E-state index in [1.807, 2.05) is 0 Å². The number of thioether (sulfide) groups is 1. The Labute approximate surface area is 131 Å². The highest BCUT2D eigenvalue weighted by atomic mass is 32.2. The normalized spacial score (nSPS) is 10.0. The van der Waals surface area contributed by atoms with Gasteiger partial charge in [-0.3, -0.25) is 4.79 Å². The van der Waals surface area contributed by atoms with E-state index in [4.69, 9.17) is 9.84 Å². The number of aromatic carboxylic acids is 1. The molecule has 0 radical (unpaired) electrons. The van der Waals surface area contributed by atoms with Crippen molar-refractivity contribution in [3.05, 3.63) is 48.2 Å². The number of pyridine rings is 1. The van der Waals surface area contributed by atoms with Gasteiger partial charge in [0.25, 0.3) is 0 Å². The smallest absolute Gasteiger partial charge is 0.338 e. The average Bonchev–Trinajstić information content (AvgIpc) is 2.53. The number of carboxylic acid groups (broad SMARTS) is 1. The Bertz CT molecular complexity index is 691. The van der Waals surface area contributed by atoms with E-state index < -0.39 is 5.97 Å². The summed E-state index contributed by atoms with van der Waals surface area (Å²) in [5.41, 5.74) is 0.700. The van der Waals surface area contributed by atoms with Crippen LogP contribution in [-0.2, 0) is 4.79 Å². The van der Waals surface area contributed by atoms with Gasteiger partial charge in [-0.2, -0.15) is 0 Å². The zero-order valence-electron chi connectivity index (χ0n) is 11.8. The van der Waals surface area contributed by atoms with Crippen LogP contribution in [0, 0.1) is 0 Å². The molecule has 0 aliphatic heterocycles. The molecule has 1 amide bonds. The Morgan fingerprint density at radius 3 is 2.86 bits per heavy atom. The fourth-order valence-electron chi connectivity index (χ4n) is 1.70. The van der Waals surface area contributed by atoms with Crippen molar-refractivity contribution in [2.24, 2.45) is 0 Å². The number of methoxy groups -OCH3 is 1. The first kappa shape index (κ1) is 15.8. The molecule has 0 saturated heterocycles. The van der Waals surface area contributed by atoms with Crippen LogP contribution < -0.4 is 10.1 Å². The van der Waals surface area contributed by atoms with Crippen LogP contribution in [0.5, 0.6) is 5.75 Å². The second-order valence-corrected chi connectivity index (χ2v) is 5.19. The summed E-state index contributed by atoms with van der Waals surface area (Å²) >= 11 is 1.08. The molecule has 0 bridgehead atoms. The lowest BCUT2D eigenvalue weighted by molar-refractivity contribution is -0.113. The van der Waals surface area contributed by atoms with E-state index in [-0.39, 0.29) is 17.2 Å². The van der Waals surface area contributed by atoms with E-state index in [2.05, 4.69) is 10.3 Å². The number of benzene rings is 1. The Morgan fingerprint density at radius 2 is 2.14 bits per heavy atom. The predicted octanol–water partition coefficient (Wildman–Crippen LogP) is 2.52. The van der Waals surface area contributed by atoms with Gasteiger partial charge >= 0.3 is 5.97 Å². The zero-order chi connectivity index (χ0) is 15.9. The van der Waals surface area contributed by atoms with Crippen LogP contribution in [0.1, 0.15) is 10.4 Å². The van der Waals surface area contributed by atoms with Crippen LogP contribution in [0.3, 0.4) is 0 Å². The molecular weight excluding hydrogens is 304 g/mol. The van der Waals surface area contributed by atoms with Crippen molar-refractivity contribution in [1.82, 2.24) is 4.98 Å². The summed E-state index contributed by atoms with van der Waals surface area (Å²) in [6.07, 6.45) is 1.49. The maximum Gasteiger partial charge on any atom is 0.338 e. The summed E-state index contributed by atoms with van der Waals surface area (Å²) in [5, 5.41) is 12.1. The number of hydrogen-bond donors (Lipinski definition) is 2. The summed E-state index contributed by atoms with van der Waals surface area (Å²) in [6, 6.07) is 9.99. The number of nitrogens with one attached hydrogen (secondary N) is 1. The van der Waals surface area contributed by atoms with Gasteiger partial charge < -0.3 is 15.2 Å². The standard InChI is InChI=1S/C15H14N2O4S/c1-21-11-5-2-4-10(8-11)17-13(18)9-22-14-12(15(19)20)6-3-7-16-14/h2-8H,9H2,1H3,(H,17,18)(H,19,20). The molecule has 2 aromatic rings. The lowest BCUT2D eigenvalue weighted by Crippen LogP contribution is -2.14. The van der Waals surface area contributed by atoms with Crippen molar-refractivity contribution >= 4 is 29.3 Å². The molecule has 0 aliphatic rings. The van der Waals surface area contributed by atoms with Gasteiger partial charge in [0.15, 0.2) is 0 Å². The van der Waals surface area contributed by atoms with Gasteiger partial charge in [-0.25, -0.2) is 9.78 Å². The lowest BCUT2D eigenvalue weighted by atomic mass is 10.3. The molecule has 22 heavy (non-hydrogen) atoms. The van der Waals surface area contributed by atoms with E-state index in [1.54, 1.807) is 37.4 Å². The van der Waals surface area contributed by atoms with Crippen molar-refractivity contribution in [3.8, 4) is 5.75 Å². The first-order chi connectivity index (χ1) is 10.6. The van der Waals surface area contributed by atoms with E-state index >= 15 is 0 Å². The van der Waals surface area contributed by atoms with Gasteiger partial charge in [0.2, 0.25) is 5.91 Å². The summed E-state index contributed by atoms with van der Waals surface area (Å²) < 4.78 is 5.08. The molecule has 2 rings (SSSR count). The molecular formula is C15H14N2O4S.